The highest BCUT2D eigenvalue weighted by atomic mass is 16.7. The molecule has 4 N–H and O–H groups in total. The predicted octanol–water partition coefficient (Wildman–Crippen LogP) is 6.28. The molecule has 3 saturated heterocycles. The summed E-state index contributed by atoms with van der Waals surface area (Å²) in [4.78, 5) is 44.5. The normalized spacial score (nSPS) is 21.7. The lowest BCUT2D eigenvalue weighted by Gasteiger charge is -2.36. The summed E-state index contributed by atoms with van der Waals surface area (Å²) in [6, 6.07) is 21.0. The number of aromatic nitrogens is 4. The molecule has 1 spiro atoms. The van der Waals surface area contributed by atoms with Crippen LogP contribution in [0.1, 0.15) is 57.7 Å². The molecule has 3 atom stereocenters. The van der Waals surface area contributed by atoms with Gasteiger partial charge in [-0.05, 0) is 71.8 Å². The van der Waals surface area contributed by atoms with E-state index in [1.807, 2.05) is 27.0 Å². The predicted molar refractivity (Wildman–Crippen MR) is 197 cm³/mol. The minimum Gasteiger partial charge on any atom is -0.453 e. The smallest absolute Gasteiger partial charge is 0.407 e. The Balaban J connectivity index is 1.02. The van der Waals surface area contributed by atoms with Gasteiger partial charge in [0.05, 0.1) is 56.7 Å². The fraction of sp³-hybridized carbons (Fsp3) is 0.400. The molecule has 270 valence electrons. The van der Waals surface area contributed by atoms with Crippen molar-refractivity contribution >= 4 is 22.8 Å². The third kappa shape index (κ3) is 6.24. The van der Waals surface area contributed by atoms with E-state index < -0.39 is 23.5 Å². The summed E-state index contributed by atoms with van der Waals surface area (Å²) in [7, 11) is 1.28. The summed E-state index contributed by atoms with van der Waals surface area (Å²) in [5.74, 6) is 0.252. The number of rotatable bonds is 8. The molecule has 12 heteroatoms. The first-order valence-electron chi connectivity index (χ1n) is 18.1. The highest BCUT2D eigenvalue weighted by molar-refractivity contribution is 5.91. The molecule has 5 aromatic rings. The maximum absolute atomic E-state index is 14.1. The molecule has 0 bridgehead atoms. The number of benzene rings is 3. The van der Waals surface area contributed by atoms with Crippen LogP contribution < -0.4 is 10.6 Å². The van der Waals surface area contributed by atoms with Crippen LogP contribution in [0.3, 0.4) is 0 Å². The lowest BCUT2D eigenvalue weighted by molar-refractivity contribution is -0.153. The monoisotopic (exact) mass is 703 g/mol. The van der Waals surface area contributed by atoms with Gasteiger partial charge in [-0.3, -0.25) is 4.79 Å². The van der Waals surface area contributed by atoms with E-state index in [1.165, 1.54) is 24.3 Å². The average molecular weight is 704 g/mol. The Bertz CT molecular complexity index is 2090. The molecule has 3 aliphatic heterocycles. The summed E-state index contributed by atoms with van der Waals surface area (Å²) >= 11 is 0. The Hall–Kier alpha value is -5.04. The van der Waals surface area contributed by atoms with Crippen molar-refractivity contribution in [2.24, 2.45) is 5.92 Å². The number of ether oxygens (including phenoxy) is 3. The van der Waals surface area contributed by atoms with E-state index in [9.17, 15) is 9.59 Å². The number of hydrogen-bond acceptors (Lipinski definition) is 8. The van der Waals surface area contributed by atoms with Crippen LogP contribution in [0.25, 0.3) is 44.4 Å². The number of amides is 2. The molecule has 3 aliphatic rings. The van der Waals surface area contributed by atoms with Crippen LogP contribution in [0.5, 0.6) is 0 Å². The van der Waals surface area contributed by atoms with Crippen molar-refractivity contribution in [1.82, 2.24) is 35.5 Å². The van der Waals surface area contributed by atoms with E-state index in [1.54, 1.807) is 11.1 Å². The quantitative estimate of drug-likeness (QED) is 0.148. The van der Waals surface area contributed by atoms with E-state index in [2.05, 4.69) is 86.2 Å². The van der Waals surface area contributed by atoms with Crippen LogP contribution >= 0.6 is 0 Å². The van der Waals surface area contributed by atoms with E-state index >= 15 is 0 Å². The summed E-state index contributed by atoms with van der Waals surface area (Å²) in [5.41, 5.74) is 5.29. The van der Waals surface area contributed by atoms with Crippen molar-refractivity contribution in [1.29, 1.82) is 0 Å². The van der Waals surface area contributed by atoms with Crippen molar-refractivity contribution in [3.8, 4) is 33.6 Å². The topological polar surface area (TPSA) is 146 Å². The molecule has 0 saturated carbocycles. The number of carbonyl (C=O) groups excluding carboxylic acids is 2. The molecule has 2 aromatic heterocycles. The number of aromatic amines is 2. The standard InChI is InChI=1S/C40H45N7O5/c1-24(2)34(46-38(49)50-4)36(48)47-23-40(51-16-17-52-40)22-39(47,3)37-43-21-32(45-37)26-9-7-25(8-10-26)27-11-12-29-19-30(14-13-28(29)18-27)33-20-42-35(44-33)31-6-5-15-41-31/h7-14,18-21,24,31,34,41H,5-6,15-17,22-23H2,1-4H3,(H,42,44)(H,43,45)(H,46,49)/t31-,34-,39?/m0/s1. The maximum Gasteiger partial charge on any atom is 0.407 e. The number of methoxy groups -OCH3 is 1. The molecule has 3 aromatic carbocycles. The van der Waals surface area contributed by atoms with Crippen molar-refractivity contribution < 1.29 is 23.8 Å². The molecule has 52 heavy (non-hydrogen) atoms. The number of alkyl carbamates (subject to hydrolysis) is 1. The summed E-state index contributed by atoms with van der Waals surface area (Å²) in [6.45, 7) is 7.90. The Kier molecular flexibility index (Phi) is 8.84. The van der Waals surface area contributed by atoms with Crippen LogP contribution in [-0.2, 0) is 24.5 Å². The van der Waals surface area contributed by atoms with Crippen LogP contribution in [-0.4, -0.2) is 82.1 Å². The molecular formula is C40H45N7O5. The first kappa shape index (κ1) is 34.1. The van der Waals surface area contributed by atoms with Crippen molar-refractivity contribution in [3.05, 3.63) is 84.7 Å². The summed E-state index contributed by atoms with van der Waals surface area (Å²) in [6.07, 6.45) is 5.76. The number of nitrogens with zero attached hydrogens (tertiary/aromatic N) is 3. The van der Waals surface area contributed by atoms with Gasteiger partial charge in [0, 0.05) is 12.0 Å². The van der Waals surface area contributed by atoms with Crippen LogP contribution in [0.15, 0.2) is 73.1 Å². The van der Waals surface area contributed by atoms with E-state index in [0.717, 1.165) is 52.4 Å². The fourth-order valence-corrected chi connectivity index (χ4v) is 7.94. The van der Waals surface area contributed by atoms with Crippen LogP contribution in [0.4, 0.5) is 4.79 Å². The van der Waals surface area contributed by atoms with E-state index in [0.29, 0.717) is 31.5 Å². The maximum atomic E-state index is 14.1. The zero-order valence-corrected chi connectivity index (χ0v) is 30.0. The molecule has 2 amide bonds. The first-order chi connectivity index (χ1) is 25.1. The third-order valence-corrected chi connectivity index (χ3v) is 10.8. The van der Waals surface area contributed by atoms with Gasteiger partial charge in [-0.2, -0.15) is 0 Å². The second-order valence-corrected chi connectivity index (χ2v) is 14.7. The number of nitrogens with one attached hydrogen (secondary N) is 4. The number of H-pyrrole nitrogens is 2. The Morgan fingerprint density at radius 3 is 2.25 bits per heavy atom. The number of likely N-dealkylation sites (tertiary alicyclic amines) is 1. The second-order valence-electron chi connectivity index (χ2n) is 14.7. The molecule has 5 heterocycles. The van der Waals surface area contributed by atoms with Gasteiger partial charge in [0.1, 0.15) is 23.2 Å². The molecule has 1 unspecified atom stereocenters. The lowest BCUT2D eigenvalue weighted by atomic mass is 9.94. The Labute approximate surface area is 302 Å². The van der Waals surface area contributed by atoms with Crippen LogP contribution in [0.2, 0.25) is 0 Å². The van der Waals surface area contributed by atoms with Crippen molar-refractivity contribution in [2.45, 2.75) is 63.4 Å². The van der Waals surface area contributed by atoms with Crippen molar-refractivity contribution in [3.63, 3.8) is 0 Å². The van der Waals surface area contributed by atoms with Gasteiger partial charge < -0.3 is 39.7 Å². The molecular weight excluding hydrogens is 658 g/mol. The van der Waals surface area contributed by atoms with Gasteiger partial charge in [-0.15, -0.1) is 0 Å². The number of carbonyl (C=O) groups is 2. The second kappa shape index (κ2) is 13.5. The highest BCUT2D eigenvalue weighted by Crippen LogP contribution is 2.47. The van der Waals surface area contributed by atoms with E-state index in [4.69, 9.17) is 19.2 Å². The highest BCUT2D eigenvalue weighted by Gasteiger charge is 2.59. The Morgan fingerprint density at radius 1 is 0.904 bits per heavy atom. The minimum absolute atomic E-state index is 0.182. The molecule has 3 fully saturated rings. The third-order valence-electron chi connectivity index (χ3n) is 10.8. The lowest BCUT2D eigenvalue weighted by Crippen LogP contribution is -2.55. The van der Waals surface area contributed by atoms with Gasteiger partial charge in [0.25, 0.3) is 0 Å². The van der Waals surface area contributed by atoms with Gasteiger partial charge in [-0.25, -0.2) is 14.8 Å². The summed E-state index contributed by atoms with van der Waals surface area (Å²) < 4.78 is 17.0. The van der Waals surface area contributed by atoms with Gasteiger partial charge in [-0.1, -0.05) is 62.4 Å². The summed E-state index contributed by atoms with van der Waals surface area (Å²) in [5, 5.41) is 8.56. The minimum atomic E-state index is -0.942. The van der Waals surface area contributed by atoms with Crippen molar-refractivity contribution in [2.75, 3.05) is 33.4 Å². The molecule has 0 radical (unpaired) electrons. The number of hydrogen-bond donors (Lipinski definition) is 4. The fourth-order valence-electron chi connectivity index (χ4n) is 7.94. The zero-order chi connectivity index (χ0) is 36.0. The largest absolute Gasteiger partial charge is 0.453 e. The van der Waals surface area contributed by atoms with Gasteiger partial charge in [0.2, 0.25) is 5.91 Å². The first-order valence-corrected chi connectivity index (χ1v) is 18.1. The zero-order valence-electron chi connectivity index (χ0n) is 30.0. The average Bonchev–Trinajstić information content (AvgIpc) is 4.01. The van der Waals surface area contributed by atoms with Gasteiger partial charge in [0.15, 0.2) is 5.79 Å². The molecule has 12 nitrogen and oxygen atoms in total. The Morgan fingerprint density at radius 2 is 1.56 bits per heavy atom. The SMILES string of the molecule is COC(=O)N[C@H](C(=O)N1CC2(CC1(C)c1ncc(-c3ccc(-c4ccc5cc(-c6cnc([C@@H]7CCCN7)[nH]6)ccc5c4)cc3)[nH]1)OCCO2)C(C)C. The number of fused-ring (bicyclic) bond motifs is 1. The molecule has 8 rings (SSSR count). The number of imidazole rings is 2. The molecule has 0 aliphatic carbocycles. The van der Waals surface area contributed by atoms with Crippen LogP contribution in [0, 0.1) is 5.92 Å². The van der Waals surface area contributed by atoms with Gasteiger partial charge >= 0.3 is 6.09 Å². The van der Waals surface area contributed by atoms with E-state index in [-0.39, 0.29) is 18.4 Å².